The van der Waals surface area contributed by atoms with Gasteiger partial charge in [0.15, 0.2) is 5.75 Å². The summed E-state index contributed by atoms with van der Waals surface area (Å²) in [6.45, 7) is 2.70. The van der Waals surface area contributed by atoms with Gasteiger partial charge in [-0.2, -0.15) is 0 Å². The quantitative estimate of drug-likeness (QED) is 0.791. The van der Waals surface area contributed by atoms with Gasteiger partial charge in [0, 0.05) is 19.4 Å². The third-order valence-corrected chi connectivity index (χ3v) is 2.92. The lowest BCUT2D eigenvalue weighted by molar-refractivity contribution is -0.131. The highest BCUT2D eigenvalue weighted by atomic mass is 35.5. The lowest BCUT2D eigenvalue weighted by Crippen LogP contribution is -2.05. The van der Waals surface area contributed by atoms with Gasteiger partial charge in [-0.3, -0.25) is 14.2 Å². The largest absolute Gasteiger partial charge is 0.423 e. The number of halogens is 1. The minimum atomic E-state index is -0.484. The first-order chi connectivity index (χ1) is 9.00. The molecule has 4 nitrogen and oxygen atoms in total. The van der Waals surface area contributed by atoms with Crippen molar-refractivity contribution in [2.45, 2.75) is 13.8 Å². The SMILES string of the molecule is CC(=O)Oc1cn(C(C)=O)c(-c2ccccc2)c1Cl. The number of esters is 1. The predicted octanol–water partition coefficient (Wildman–Crippen LogP) is 3.39. The summed E-state index contributed by atoms with van der Waals surface area (Å²) >= 11 is 6.20. The van der Waals surface area contributed by atoms with E-state index in [0.29, 0.717) is 5.69 Å². The molecule has 1 heterocycles. The fraction of sp³-hybridized carbons (Fsp3) is 0.143. The van der Waals surface area contributed by atoms with Crippen LogP contribution in [0.15, 0.2) is 36.5 Å². The summed E-state index contributed by atoms with van der Waals surface area (Å²) in [5, 5.41) is 0.247. The normalized spacial score (nSPS) is 10.3. The zero-order valence-electron chi connectivity index (χ0n) is 10.5. The second-order valence-corrected chi connectivity index (χ2v) is 4.38. The van der Waals surface area contributed by atoms with E-state index in [1.807, 2.05) is 30.3 Å². The van der Waals surface area contributed by atoms with Gasteiger partial charge in [-0.1, -0.05) is 41.9 Å². The third kappa shape index (κ3) is 2.69. The number of aromatic nitrogens is 1. The van der Waals surface area contributed by atoms with Crippen LogP contribution in [0.5, 0.6) is 5.75 Å². The molecule has 98 valence electrons. The molecule has 0 amide bonds. The van der Waals surface area contributed by atoms with Crippen molar-refractivity contribution in [1.82, 2.24) is 4.57 Å². The molecule has 0 spiro atoms. The molecule has 0 saturated heterocycles. The summed E-state index contributed by atoms with van der Waals surface area (Å²) in [5.74, 6) is -0.510. The van der Waals surface area contributed by atoms with Crippen molar-refractivity contribution in [2.75, 3.05) is 0 Å². The molecule has 0 saturated carbocycles. The van der Waals surface area contributed by atoms with E-state index in [1.54, 1.807) is 0 Å². The summed E-state index contributed by atoms with van der Waals surface area (Å²) in [5.41, 5.74) is 1.30. The van der Waals surface area contributed by atoms with Crippen LogP contribution in [-0.4, -0.2) is 16.4 Å². The Morgan fingerprint density at radius 3 is 2.32 bits per heavy atom. The van der Waals surface area contributed by atoms with E-state index in [1.165, 1.54) is 24.6 Å². The first-order valence-electron chi connectivity index (χ1n) is 5.66. The lowest BCUT2D eigenvalue weighted by atomic mass is 10.1. The number of rotatable bonds is 2. The fourth-order valence-electron chi connectivity index (χ4n) is 1.80. The number of hydrogen-bond donors (Lipinski definition) is 0. The van der Waals surface area contributed by atoms with Gasteiger partial charge < -0.3 is 4.74 Å². The molecule has 2 aromatic rings. The van der Waals surface area contributed by atoms with Crippen molar-refractivity contribution in [2.24, 2.45) is 0 Å². The molecule has 0 bridgehead atoms. The molecule has 0 unspecified atom stereocenters. The van der Waals surface area contributed by atoms with Crippen LogP contribution in [0, 0.1) is 0 Å². The number of ether oxygens (including phenoxy) is 1. The van der Waals surface area contributed by atoms with Gasteiger partial charge in [-0.25, -0.2) is 0 Å². The van der Waals surface area contributed by atoms with Gasteiger partial charge in [0.2, 0.25) is 5.91 Å². The van der Waals surface area contributed by atoms with Crippen molar-refractivity contribution >= 4 is 23.5 Å². The van der Waals surface area contributed by atoms with Gasteiger partial charge in [0.05, 0.1) is 11.9 Å². The Kier molecular flexibility index (Phi) is 3.71. The Balaban J connectivity index is 2.61. The number of nitrogens with zero attached hydrogens (tertiary/aromatic N) is 1. The van der Waals surface area contributed by atoms with Crippen LogP contribution in [0.25, 0.3) is 11.3 Å². The Morgan fingerprint density at radius 2 is 1.79 bits per heavy atom. The van der Waals surface area contributed by atoms with Crippen molar-refractivity contribution in [3.8, 4) is 17.0 Å². The second kappa shape index (κ2) is 5.28. The molecule has 2 rings (SSSR count). The Bertz CT molecular complexity index is 632. The van der Waals surface area contributed by atoms with Gasteiger partial charge in [0.1, 0.15) is 5.02 Å². The Hall–Kier alpha value is -2.07. The number of carbonyl (C=O) groups excluding carboxylic acids is 2. The maximum atomic E-state index is 11.7. The summed E-state index contributed by atoms with van der Waals surface area (Å²) in [4.78, 5) is 22.7. The topological polar surface area (TPSA) is 48.3 Å². The van der Waals surface area contributed by atoms with Crippen molar-refractivity contribution in [1.29, 1.82) is 0 Å². The van der Waals surface area contributed by atoms with Gasteiger partial charge in [-0.05, 0) is 0 Å². The van der Waals surface area contributed by atoms with E-state index in [4.69, 9.17) is 16.3 Å². The van der Waals surface area contributed by atoms with E-state index in [2.05, 4.69) is 0 Å². The maximum Gasteiger partial charge on any atom is 0.308 e. The fourth-order valence-corrected chi connectivity index (χ4v) is 2.08. The molecular formula is C14H12ClNO3. The van der Waals surface area contributed by atoms with Crippen molar-refractivity contribution in [3.63, 3.8) is 0 Å². The van der Waals surface area contributed by atoms with E-state index in [-0.39, 0.29) is 16.7 Å². The highest BCUT2D eigenvalue weighted by Gasteiger charge is 2.20. The van der Waals surface area contributed by atoms with Crippen LogP contribution in [-0.2, 0) is 4.79 Å². The molecule has 19 heavy (non-hydrogen) atoms. The molecule has 0 atom stereocenters. The molecule has 1 aromatic carbocycles. The van der Waals surface area contributed by atoms with Gasteiger partial charge in [0.25, 0.3) is 0 Å². The zero-order chi connectivity index (χ0) is 14.0. The van der Waals surface area contributed by atoms with Crippen LogP contribution in [0.1, 0.15) is 18.6 Å². The monoisotopic (exact) mass is 277 g/mol. The Morgan fingerprint density at radius 1 is 1.16 bits per heavy atom. The van der Waals surface area contributed by atoms with Crippen LogP contribution >= 0.6 is 11.6 Å². The molecule has 0 aliphatic rings. The van der Waals surface area contributed by atoms with Gasteiger partial charge in [-0.15, -0.1) is 0 Å². The average molecular weight is 278 g/mol. The van der Waals surface area contributed by atoms with Crippen molar-refractivity contribution in [3.05, 3.63) is 41.6 Å². The van der Waals surface area contributed by atoms with E-state index in [0.717, 1.165) is 5.56 Å². The zero-order valence-corrected chi connectivity index (χ0v) is 11.3. The molecule has 1 aromatic heterocycles. The molecule has 5 heteroatoms. The summed E-state index contributed by atoms with van der Waals surface area (Å²) in [6, 6.07) is 9.21. The van der Waals surface area contributed by atoms with Crippen LogP contribution in [0.2, 0.25) is 5.02 Å². The van der Waals surface area contributed by atoms with E-state index >= 15 is 0 Å². The molecular weight excluding hydrogens is 266 g/mol. The smallest absolute Gasteiger partial charge is 0.308 e. The number of benzene rings is 1. The van der Waals surface area contributed by atoms with E-state index < -0.39 is 5.97 Å². The Labute approximate surface area is 115 Å². The highest BCUT2D eigenvalue weighted by Crippen LogP contribution is 2.37. The third-order valence-electron chi connectivity index (χ3n) is 2.55. The van der Waals surface area contributed by atoms with Crippen molar-refractivity contribution < 1.29 is 14.3 Å². The standard InChI is InChI=1S/C14H12ClNO3/c1-9(17)16-8-12(19-10(2)18)13(15)14(16)11-6-4-3-5-7-11/h3-8H,1-2H3. The molecule has 0 fully saturated rings. The number of hydrogen-bond acceptors (Lipinski definition) is 3. The maximum absolute atomic E-state index is 11.7. The molecule has 0 radical (unpaired) electrons. The molecule has 0 aliphatic carbocycles. The second-order valence-electron chi connectivity index (χ2n) is 4.00. The lowest BCUT2D eigenvalue weighted by Gasteiger charge is -2.05. The minimum absolute atomic E-state index is 0.184. The predicted molar refractivity (Wildman–Crippen MR) is 72.5 cm³/mol. The number of carbonyl (C=O) groups is 2. The summed E-state index contributed by atoms with van der Waals surface area (Å²) < 4.78 is 6.37. The summed E-state index contributed by atoms with van der Waals surface area (Å²) in [6.07, 6.45) is 1.42. The molecule has 0 aliphatic heterocycles. The average Bonchev–Trinajstić information content (AvgIpc) is 2.67. The van der Waals surface area contributed by atoms with Crippen LogP contribution in [0.3, 0.4) is 0 Å². The molecule has 0 N–H and O–H groups in total. The first kappa shape index (κ1) is 13.4. The van der Waals surface area contributed by atoms with Crippen LogP contribution in [0.4, 0.5) is 0 Å². The first-order valence-corrected chi connectivity index (χ1v) is 6.04. The highest BCUT2D eigenvalue weighted by molar-refractivity contribution is 6.35. The van der Waals surface area contributed by atoms with E-state index in [9.17, 15) is 9.59 Å². The summed E-state index contributed by atoms with van der Waals surface area (Å²) in [7, 11) is 0. The van der Waals surface area contributed by atoms with Gasteiger partial charge >= 0.3 is 5.97 Å². The minimum Gasteiger partial charge on any atom is -0.423 e. The van der Waals surface area contributed by atoms with Crippen LogP contribution < -0.4 is 4.74 Å².